The van der Waals surface area contributed by atoms with Crippen LogP contribution in [0.3, 0.4) is 0 Å². The number of aromatic carboxylic acids is 1. The van der Waals surface area contributed by atoms with Crippen molar-refractivity contribution in [3.63, 3.8) is 0 Å². The molecule has 0 aliphatic rings. The van der Waals surface area contributed by atoms with Crippen molar-refractivity contribution in [1.82, 2.24) is 0 Å². The van der Waals surface area contributed by atoms with E-state index in [4.69, 9.17) is 28.9 Å². The number of Topliss-reactive ketones (excluding diaryl/α,β-unsaturated/α-hetero) is 1. The maximum absolute atomic E-state index is 12.6. The first-order valence-corrected chi connectivity index (χ1v) is 9.82. The molecule has 28 heavy (non-hydrogen) atoms. The molecule has 0 bridgehead atoms. The van der Waals surface area contributed by atoms with Gasteiger partial charge in [-0.1, -0.05) is 12.1 Å². The Hall–Kier alpha value is -2.24. The number of alkyl halides is 2. The Morgan fingerprint density at radius 3 is 2.07 bits per heavy atom. The van der Waals surface area contributed by atoms with E-state index < -0.39 is 5.97 Å². The Kier molecular flexibility index (Phi) is 7.72. The number of benzene rings is 2. The lowest BCUT2D eigenvalue weighted by atomic mass is 9.97. The second-order valence-electron chi connectivity index (χ2n) is 6.84. The third-order valence-electron chi connectivity index (χ3n) is 4.18. The molecule has 0 heterocycles. The standard InChI is InChI=1S/C21H24Cl2N2O3/c1-13(22)11-25(12-14(2)23)17-6-3-15(4-7-17)9-20(26)19-10-16(24)5-8-18(19)21(27)28/h3-8,10,13-14H,9,11-12,24H2,1-2H3,(H,27,28). The van der Waals surface area contributed by atoms with E-state index in [1.165, 1.54) is 18.2 Å². The van der Waals surface area contributed by atoms with Crippen LogP contribution in [0.25, 0.3) is 0 Å². The van der Waals surface area contributed by atoms with Crippen molar-refractivity contribution >= 4 is 46.3 Å². The molecule has 0 spiro atoms. The summed E-state index contributed by atoms with van der Waals surface area (Å²) in [7, 11) is 0. The molecule has 0 aliphatic carbocycles. The maximum Gasteiger partial charge on any atom is 0.336 e. The number of halogens is 2. The van der Waals surface area contributed by atoms with Crippen molar-refractivity contribution in [3.05, 3.63) is 59.2 Å². The van der Waals surface area contributed by atoms with Gasteiger partial charge >= 0.3 is 5.97 Å². The van der Waals surface area contributed by atoms with Crippen LogP contribution in [0.4, 0.5) is 11.4 Å². The van der Waals surface area contributed by atoms with Crippen LogP contribution in [0.2, 0.25) is 0 Å². The van der Waals surface area contributed by atoms with Gasteiger partial charge in [-0.15, -0.1) is 23.2 Å². The first-order valence-electron chi connectivity index (χ1n) is 8.95. The second-order valence-corrected chi connectivity index (χ2v) is 8.33. The molecule has 7 heteroatoms. The topological polar surface area (TPSA) is 83.6 Å². The van der Waals surface area contributed by atoms with Crippen LogP contribution in [-0.4, -0.2) is 40.7 Å². The molecule has 5 nitrogen and oxygen atoms in total. The molecule has 3 N–H and O–H groups in total. The summed E-state index contributed by atoms with van der Waals surface area (Å²) in [5, 5.41) is 9.23. The van der Waals surface area contributed by atoms with Gasteiger partial charge in [0.2, 0.25) is 0 Å². The number of hydrogen-bond donors (Lipinski definition) is 2. The molecule has 150 valence electrons. The molecule has 0 saturated carbocycles. The van der Waals surface area contributed by atoms with E-state index in [-0.39, 0.29) is 34.1 Å². The zero-order valence-corrected chi connectivity index (χ0v) is 17.4. The van der Waals surface area contributed by atoms with E-state index in [9.17, 15) is 14.7 Å². The van der Waals surface area contributed by atoms with Crippen LogP contribution >= 0.6 is 23.2 Å². The van der Waals surface area contributed by atoms with Crippen molar-refractivity contribution in [3.8, 4) is 0 Å². The Balaban J connectivity index is 2.19. The highest BCUT2D eigenvalue weighted by atomic mass is 35.5. The predicted molar refractivity (Wildman–Crippen MR) is 115 cm³/mol. The normalized spacial score (nSPS) is 13.0. The highest BCUT2D eigenvalue weighted by molar-refractivity contribution is 6.21. The van der Waals surface area contributed by atoms with Gasteiger partial charge in [-0.3, -0.25) is 4.79 Å². The molecule has 2 rings (SSSR count). The summed E-state index contributed by atoms with van der Waals surface area (Å²) in [5.74, 6) is -1.45. The Bertz CT molecular complexity index is 826. The number of carboxylic acid groups (broad SMARTS) is 1. The fourth-order valence-corrected chi connectivity index (χ4v) is 3.31. The molecule has 2 atom stereocenters. The molecule has 0 aromatic heterocycles. The van der Waals surface area contributed by atoms with Gasteiger partial charge in [0.25, 0.3) is 0 Å². The fourth-order valence-electron chi connectivity index (χ4n) is 2.98. The number of ketones is 1. The number of carbonyl (C=O) groups is 2. The minimum atomic E-state index is -1.15. The Morgan fingerprint density at radius 2 is 1.57 bits per heavy atom. The first kappa shape index (κ1) is 22.1. The van der Waals surface area contributed by atoms with Gasteiger partial charge in [0, 0.05) is 47.2 Å². The molecular formula is C21H24Cl2N2O3. The van der Waals surface area contributed by atoms with Crippen molar-refractivity contribution < 1.29 is 14.7 Å². The summed E-state index contributed by atoms with van der Waals surface area (Å²) in [5.41, 5.74) is 7.89. The SMILES string of the molecule is CC(Cl)CN(CC(C)Cl)c1ccc(CC(=O)c2cc(N)ccc2C(=O)O)cc1. The monoisotopic (exact) mass is 422 g/mol. The molecule has 0 aliphatic heterocycles. The quantitative estimate of drug-likeness (QED) is 0.354. The summed E-state index contributed by atoms with van der Waals surface area (Å²) in [6, 6.07) is 11.8. The zero-order valence-electron chi connectivity index (χ0n) is 15.9. The van der Waals surface area contributed by atoms with Crippen LogP contribution < -0.4 is 10.6 Å². The number of carbonyl (C=O) groups excluding carboxylic acids is 1. The highest BCUT2D eigenvalue weighted by Gasteiger charge is 2.18. The van der Waals surface area contributed by atoms with Crippen LogP contribution in [-0.2, 0) is 6.42 Å². The average Bonchev–Trinajstić information content (AvgIpc) is 2.60. The van der Waals surface area contributed by atoms with E-state index >= 15 is 0 Å². The first-order chi connectivity index (χ1) is 13.2. The van der Waals surface area contributed by atoms with Gasteiger partial charge in [0.05, 0.1) is 5.56 Å². The lowest BCUT2D eigenvalue weighted by Crippen LogP contribution is -2.33. The van der Waals surface area contributed by atoms with Crippen LogP contribution in [0.15, 0.2) is 42.5 Å². The fraction of sp³-hybridized carbons (Fsp3) is 0.333. The predicted octanol–water partition coefficient (Wildman–Crippen LogP) is 4.45. The number of nitrogens with two attached hydrogens (primary N) is 1. The highest BCUT2D eigenvalue weighted by Crippen LogP contribution is 2.21. The number of nitrogen functional groups attached to an aromatic ring is 1. The number of nitrogens with zero attached hydrogens (tertiary/aromatic N) is 1. The molecule has 0 saturated heterocycles. The lowest BCUT2D eigenvalue weighted by molar-refractivity contribution is 0.0692. The van der Waals surface area contributed by atoms with E-state index in [1.54, 1.807) is 0 Å². The van der Waals surface area contributed by atoms with Crippen LogP contribution in [0.5, 0.6) is 0 Å². The van der Waals surface area contributed by atoms with Gasteiger partial charge in [-0.2, -0.15) is 0 Å². The molecular weight excluding hydrogens is 399 g/mol. The van der Waals surface area contributed by atoms with Crippen LogP contribution in [0.1, 0.15) is 40.1 Å². The maximum atomic E-state index is 12.6. The van der Waals surface area contributed by atoms with E-state index in [0.29, 0.717) is 18.8 Å². The summed E-state index contributed by atoms with van der Waals surface area (Å²) >= 11 is 12.3. The number of carboxylic acids is 1. The summed E-state index contributed by atoms with van der Waals surface area (Å²) < 4.78 is 0. The lowest BCUT2D eigenvalue weighted by Gasteiger charge is -2.27. The molecule has 0 amide bonds. The van der Waals surface area contributed by atoms with Gasteiger partial charge < -0.3 is 15.7 Å². The number of hydrogen-bond acceptors (Lipinski definition) is 4. The number of rotatable bonds is 9. The third-order valence-corrected chi connectivity index (χ3v) is 4.46. The van der Waals surface area contributed by atoms with Crippen molar-refractivity contribution in [2.45, 2.75) is 31.0 Å². The Labute approximate surface area is 175 Å². The minimum Gasteiger partial charge on any atom is -0.478 e. The van der Waals surface area contributed by atoms with Crippen LogP contribution in [0, 0.1) is 0 Å². The van der Waals surface area contributed by atoms with Crippen molar-refractivity contribution in [2.24, 2.45) is 0 Å². The van der Waals surface area contributed by atoms with E-state index in [0.717, 1.165) is 11.3 Å². The van der Waals surface area contributed by atoms with Gasteiger partial charge in [0.1, 0.15) is 0 Å². The molecule has 0 fully saturated rings. The van der Waals surface area contributed by atoms with Gasteiger partial charge in [-0.05, 0) is 49.7 Å². The van der Waals surface area contributed by atoms with E-state index in [1.807, 2.05) is 38.1 Å². The Morgan fingerprint density at radius 1 is 1.00 bits per heavy atom. The van der Waals surface area contributed by atoms with Gasteiger partial charge in [0.15, 0.2) is 5.78 Å². The van der Waals surface area contributed by atoms with Crippen molar-refractivity contribution in [1.29, 1.82) is 0 Å². The minimum absolute atomic E-state index is 0.0327. The molecule has 2 unspecified atom stereocenters. The summed E-state index contributed by atoms with van der Waals surface area (Å²) in [6.45, 7) is 5.16. The largest absolute Gasteiger partial charge is 0.478 e. The van der Waals surface area contributed by atoms with E-state index in [2.05, 4.69) is 4.90 Å². The van der Waals surface area contributed by atoms with Gasteiger partial charge in [-0.25, -0.2) is 4.79 Å². The molecule has 2 aromatic carbocycles. The molecule has 2 aromatic rings. The second kappa shape index (κ2) is 9.80. The molecule has 0 radical (unpaired) electrons. The smallest absolute Gasteiger partial charge is 0.336 e. The number of anilines is 2. The third kappa shape index (κ3) is 6.14. The zero-order chi connectivity index (χ0) is 20.8. The summed E-state index contributed by atoms with van der Waals surface area (Å²) in [4.78, 5) is 26.1. The average molecular weight is 423 g/mol. The summed E-state index contributed by atoms with van der Waals surface area (Å²) in [6.07, 6.45) is 0.0852. The van der Waals surface area contributed by atoms with Crippen molar-refractivity contribution in [2.75, 3.05) is 23.7 Å².